The van der Waals surface area contributed by atoms with Crippen molar-refractivity contribution in [3.8, 4) is 24.0 Å². The van der Waals surface area contributed by atoms with Gasteiger partial charge in [-0.15, -0.1) is 12.8 Å². The molecule has 3 aromatic carbocycles. The highest BCUT2D eigenvalue weighted by molar-refractivity contribution is 5.68. The molecule has 2 unspecified atom stereocenters. The maximum Gasteiger partial charge on any atom is 0.0518 e. The first-order valence-corrected chi connectivity index (χ1v) is 15.6. The Bertz CT molecular complexity index is 1200. The Labute approximate surface area is 257 Å². The summed E-state index contributed by atoms with van der Waals surface area (Å²) >= 11 is 0. The molecular formula is C39H54N2O. The second kappa shape index (κ2) is 19.7. The summed E-state index contributed by atoms with van der Waals surface area (Å²) in [5.41, 5.74) is 9.44. The highest BCUT2D eigenvalue weighted by atomic mass is 16.5. The van der Waals surface area contributed by atoms with Crippen LogP contribution in [0.25, 0.3) is 11.1 Å². The van der Waals surface area contributed by atoms with Crippen LogP contribution in [-0.2, 0) is 17.6 Å². The number of allylic oxidation sites excluding steroid dienone is 1. The number of terminal acetylenes is 1. The van der Waals surface area contributed by atoms with Gasteiger partial charge in [-0.1, -0.05) is 86.3 Å². The number of nitrogens with one attached hydrogen (secondary N) is 2. The third kappa shape index (κ3) is 12.3. The summed E-state index contributed by atoms with van der Waals surface area (Å²) in [5, 5.41) is 6.90. The zero-order valence-corrected chi connectivity index (χ0v) is 26.8. The molecule has 0 bridgehead atoms. The number of aryl methyl sites for hydroxylation is 2. The van der Waals surface area contributed by atoms with Gasteiger partial charge >= 0.3 is 0 Å². The average molecular weight is 567 g/mol. The van der Waals surface area contributed by atoms with Crippen LogP contribution in [0.15, 0.2) is 85.1 Å². The smallest absolute Gasteiger partial charge is 0.0518 e. The Morgan fingerprint density at radius 2 is 1.71 bits per heavy atom. The normalized spacial score (nSPS) is 16.0. The third-order valence-corrected chi connectivity index (χ3v) is 7.80. The molecule has 0 aromatic heterocycles. The molecule has 0 aliphatic carbocycles. The first-order chi connectivity index (χ1) is 20.3. The number of hydrogen-bond donors (Lipinski definition) is 2. The molecule has 0 spiro atoms. The summed E-state index contributed by atoms with van der Waals surface area (Å²) in [6.45, 7) is 18.8. The minimum atomic E-state index is 0.367. The number of piperidine rings is 1. The lowest BCUT2D eigenvalue weighted by atomic mass is 9.80. The quantitative estimate of drug-likeness (QED) is 0.170. The SMILES string of the molecule is C#C.C=C(C)NCCc1ccccc1-c1ccc(C2CNCCC2C)c(C)c1.CC(C)OCCCCc1ccccc1. The molecule has 2 N–H and O–H groups in total. The Balaban J connectivity index is 0.000000326. The fourth-order valence-electron chi connectivity index (χ4n) is 5.49. The van der Waals surface area contributed by atoms with Gasteiger partial charge in [0.15, 0.2) is 0 Å². The summed E-state index contributed by atoms with van der Waals surface area (Å²) in [7, 11) is 0. The van der Waals surface area contributed by atoms with E-state index in [1.54, 1.807) is 0 Å². The van der Waals surface area contributed by atoms with Gasteiger partial charge in [-0.3, -0.25) is 0 Å². The van der Waals surface area contributed by atoms with Crippen LogP contribution in [0.4, 0.5) is 0 Å². The van der Waals surface area contributed by atoms with Gasteiger partial charge in [0.2, 0.25) is 0 Å². The Morgan fingerprint density at radius 1 is 1.00 bits per heavy atom. The van der Waals surface area contributed by atoms with Crippen LogP contribution in [0.5, 0.6) is 0 Å². The molecule has 3 aromatic rings. The molecule has 226 valence electrons. The predicted octanol–water partition coefficient (Wildman–Crippen LogP) is 8.72. The van der Waals surface area contributed by atoms with E-state index in [0.29, 0.717) is 12.0 Å². The van der Waals surface area contributed by atoms with Crippen molar-refractivity contribution in [1.82, 2.24) is 10.6 Å². The molecule has 0 radical (unpaired) electrons. The van der Waals surface area contributed by atoms with Crippen molar-refractivity contribution in [2.45, 2.75) is 78.7 Å². The first kappa shape index (κ1) is 34.9. The fourth-order valence-corrected chi connectivity index (χ4v) is 5.49. The summed E-state index contributed by atoms with van der Waals surface area (Å²) in [6.07, 6.45) is 14.2. The summed E-state index contributed by atoms with van der Waals surface area (Å²) in [6, 6.07) is 26.4. The van der Waals surface area contributed by atoms with Crippen molar-refractivity contribution < 1.29 is 4.74 Å². The summed E-state index contributed by atoms with van der Waals surface area (Å²) in [5.74, 6) is 1.38. The van der Waals surface area contributed by atoms with E-state index >= 15 is 0 Å². The minimum absolute atomic E-state index is 0.367. The van der Waals surface area contributed by atoms with E-state index in [1.165, 1.54) is 52.6 Å². The number of ether oxygens (including phenoxy) is 1. The largest absolute Gasteiger partial charge is 0.389 e. The van der Waals surface area contributed by atoms with Crippen LogP contribution in [-0.4, -0.2) is 32.3 Å². The van der Waals surface area contributed by atoms with E-state index in [1.807, 2.05) is 6.92 Å². The lowest BCUT2D eigenvalue weighted by Gasteiger charge is -2.31. The van der Waals surface area contributed by atoms with Crippen LogP contribution >= 0.6 is 0 Å². The van der Waals surface area contributed by atoms with Gasteiger partial charge in [0.1, 0.15) is 0 Å². The zero-order valence-electron chi connectivity index (χ0n) is 26.8. The second-order valence-electron chi connectivity index (χ2n) is 11.6. The fraction of sp³-hybridized carbons (Fsp3) is 0.436. The molecule has 0 saturated carbocycles. The molecule has 0 amide bonds. The molecule has 2 atom stereocenters. The maximum atomic E-state index is 5.48. The van der Waals surface area contributed by atoms with E-state index < -0.39 is 0 Å². The minimum Gasteiger partial charge on any atom is -0.389 e. The van der Waals surface area contributed by atoms with E-state index in [4.69, 9.17) is 4.74 Å². The second-order valence-corrected chi connectivity index (χ2v) is 11.6. The number of rotatable bonds is 12. The standard InChI is InChI=1S/C24H32N2.C13H20O.C2H2/c1-17(2)26-14-12-20-7-5-6-8-23(20)21-9-10-22(19(4)15-21)24-16-25-13-11-18(24)3;1-12(2)14-11-7-6-10-13-8-4-3-5-9-13;1-2/h5-10,15,18,24-26H,1,11-14,16H2,2-4H3;3-5,8-9,12H,6-7,10-11H2,1-2H3;1-2H. The van der Waals surface area contributed by atoms with E-state index in [-0.39, 0.29) is 0 Å². The molecule has 42 heavy (non-hydrogen) atoms. The summed E-state index contributed by atoms with van der Waals surface area (Å²) < 4.78 is 5.48. The third-order valence-electron chi connectivity index (χ3n) is 7.80. The maximum absolute atomic E-state index is 5.48. The van der Waals surface area contributed by atoms with Crippen molar-refractivity contribution >= 4 is 0 Å². The molecule has 1 fully saturated rings. The van der Waals surface area contributed by atoms with Gasteiger partial charge in [-0.05, 0) is 112 Å². The Kier molecular flexibility index (Phi) is 16.4. The molecule has 3 nitrogen and oxygen atoms in total. The van der Waals surface area contributed by atoms with Crippen LogP contribution in [0.2, 0.25) is 0 Å². The van der Waals surface area contributed by atoms with Gasteiger partial charge < -0.3 is 15.4 Å². The van der Waals surface area contributed by atoms with Crippen molar-refractivity contribution in [2.75, 3.05) is 26.2 Å². The highest BCUT2D eigenvalue weighted by Crippen LogP contribution is 2.34. The Hall–Kier alpha value is -3.32. The lowest BCUT2D eigenvalue weighted by molar-refractivity contribution is 0.0761. The molecule has 4 rings (SSSR count). The van der Waals surface area contributed by atoms with E-state index in [2.05, 4.69) is 131 Å². The first-order valence-electron chi connectivity index (χ1n) is 15.6. The molecule has 1 heterocycles. The number of unbranched alkanes of at least 4 members (excludes halogenated alkanes) is 1. The topological polar surface area (TPSA) is 33.3 Å². The van der Waals surface area contributed by atoms with Gasteiger partial charge in [0.25, 0.3) is 0 Å². The van der Waals surface area contributed by atoms with Crippen LogP contribution in [0.3, 0.4) is 0 Å². The predicted molar refractivity (Wildman–Crippen MR) is 183 cm³/mol. The van der Waals surface area contributed by atoms with Crippen LogP contribution in [0, 0.1) is 25.7 Å². The Morgan fingerprint density at radius 3 is 2.38 bits per heavy atom. The summed E-state index contributed by atoms with van der Waals surface area (Å²) in [4.78, 5) is 0. The molecule has 1 aliphatic rings. The zero-order chi connectivity index (χ0) is 30.7. The van der Waals surface area contributed by atoms with E-state index in [0.717, 1.165) is 50.7 Å². The molecule has 1 saturated heterocycles. The number of benzene rings is 3. The molecule has 3 heteroatoms. The van der Waals surface area contributed by atoms with Crippen molar-refractivity contribution in [2.24, 2.45) is 5.92 Å². The van der Waals surface area contributed by atoms with Crippen LogP contribution < -0.4 is 10.6 Å². The lowest BCUT2D eigenvalue weighted by Crippen LogP contribution is -2.34. The van der Waals surface area contributed by atoms with Gasteiger partial charge in [0.05, 0.1) is 6.10 Å². The van der Waals surface area contributed by atoms with Crippen molar-refractivity contribution in [3.63, 3.8) is 0 Å². The monoisotopic (exact) mass is 566 g/mol. The number of hydrogen-bond acceptors (Lipinski definition) is 3. The highest BCUT2D eigenvalue weighted by Gasteiger charge is 2.24. The van der Waals surface area contributed by atoms with Crippen molar-refractivity contribution in [3.05, 3.63) is 107 Å². The van der Waals surface area contributed by atoms with Gasteiger partial charge in [0, 0.05) is 25.4 Å². The van der Waals surface area contributed by atoms with Gasteiger partial charge in [-0.25, -0.2) is 0 Å². The van der Waals surface area contributed by atoms with Crippen molar-refractivity contribution in [1.29, 1.82) is 0 Å². The molecule has 1 aliphatic heterocycles. The molecular weight excluding hydrogens is 512 g/mol. The van der Waals surface area contributed by atoms with E-state index in [9.17, 15) is 0 Å². The van der Waals surface area contributed by atoms with Crippen LogP contribution in [0.1, 0.15) is 75.1 Å². The van der Waals surface area contributed by atoms with Gasteiger partial charge in [-0.2, -0.15) is 0 Å². The average Bonchev–Trinajstić information content (AvgIpc) is 2.99.